The van der Waals surface area contributed by atoms with Crippen molar-refractivity contribution in [2.75, 3.05) is 14.2 Å². The van der Waals surface area contributed by atoms with Crippen molar-refractivity contribution < 1.29 is 14.4 Å². The molecule has 0 aliphatic heterocycles. The molecule has 0 aromatic carbocycles. The summed E-state index contributed by atoms with van der Waals surface area (Å²) >= 11 is 1.33. The van der Waals surface area contributed by atoms with Crippen LogP contribution in [0.2, 0.25) is 0 Å². The third-order valence-corrected chi connectivity index (χ3v) is 2.92. The molecule has 0 saturated carbocycles. The van der Waals surface area contributed by atoms with Gasteiger partial charge in [0.15, 0.2) is 0 Å². The molecule has 0 radical (unpaired) electrons. The number of nitrogens with zero attached hydrogens (tertiary/aromatic N) is 1. The van der Waals surface area contributed by atoms with Gasteiger partial charge in [-0.05, 0) is 18.4 Å². The molecule has 1 atom stereocenters. The maximum Gasteiger partial charge on any atom is 0.268 e. The lowest BCUT2D eigenvalue weighted by atomic mass is 10.3. The molecule has 0 saturated heterocycles. The van der Waals surface area contributed by atoms with E-state index in [4.69, 9.17) is 4.84 Å². The van der Waals surface area contributed by atoms with Crippen LogP contribution in [0.5, 0.6) is 0 Å². The van der Waals surface area contributed by atoms with Crippen molar-refractivity contribution in [1.29, 1.82) is 0 Å². The first-order valence-corrected chi connectivity index (χ1v) is 5.60. The molecule has 0 aliphatic rings. The average molecular weight is 242 g/mol. The summed E-state index contributed by atoms with van der Waals surface area (Å²) in [5.74, 6) is -0.548. The predicted octanol–water partition coefficient (Wildman–Crippen LogP) is 0.886. The third-order valence-electron chi connectivity index (χ3n) is 2.05. The predicted molar refractivity (Wildman–Crippen MR) is 61.0 cm³/mol. The lowest BCUT2D eigenvalue weighted by molar-refractivity contribution is -0.170. The van der Waals surface area contributed by atoms with Crippen molar-refractivity contribution in [3.63, 3.8) is 0 Å². The number of hydroxylamine groups is 2. The molecule has 0 spiro atoms. The van der Waals surface area contributed by atoms with E-state index in [1.54, 1.807) is 19.1 Å². The second-order valence-electron chi connectivity index (χ2n) is 3.19. The minimum atomic E-state index is -0.612. The standard InChI is InChI=1S/C10H14N2O3S/c1-7(10(14)12(2)15-3)11-9(13)8-5-4-6-16-8/h4-7H,1-3H3,(H,11,13)/t7-/m0/s1. The van der Waals surface area contributed by atoms with Gasteiger partial charge in [-0.2, -0.15) is 0 Å². The monoisotopic (exact) mass is 242 g/mol. The van der Waals surface area contributed by atoms with E-state index < -0.39 is 6.04 Å². The van der Waals surface area contributed by atoms with E-state index in [1.165, 1.54) is 25.5 Å². The molecule has 6 heteroatoms. The molecule has 1 aromatic rings. The Morgan fingerprint density at radius 2 is 2.25 bits per heavy atom. The smallest absolute Gasteiger partial charge is 0.268 e. The number of likely N-dealkylation sites (N-methyl/N-ethyl adjacent to an activating group) is 1. The Bertz CT molecular complexity index is 364. The number of thiophene rings is 1. The molecule has 0 unspecified atom stereocenters. The Morgan fingerprint density at radius 1 is 1.56 bits per heavy atom. The normalized spacial score (nSPS) is 11.9. The van der Waals surface area contributed by atoms with Gasteiger partial charge in [-0.25, -0.2) is 5.06 Å². The molecule has 0 fully saturated rings. The van der Waals surface area contributed by atoms with E-state index in [0.29, 0.717) is 4.88 Å². The summed E-state index contributed by atoms with van der Waals surface area (Å²) < 4.78 is 0. The molecule has 88 valence electrons. The SMILES string of the molecule is CON(C)C(=O)[C@H](C)NC(=O)c1cccs1. The maximum absolute atomic E-state index is 11.6. The van der Waals surface area contributed by atoms with Gasteiger partial charge in [0.2, 0.25) is 0 Å². The minimum absolute atomic E-state index is 0.250. The summed E-state index contributed by atoms with van der Waals surface area (Å²) in [6.07, 6.45) is 0. The molecule has 1 rings (SSSR count). The van der Waals surface area contributed by atoms with Crippen molar-refractivity contribution >= 4 is 23.2 Å². The average Bonchev–Trinajstić information content (AvgIpc) is 2.80. The van der Waals surface area contributed by atoms with Crippen LogP contribution in [-0.4, -0.2) is 37.1 Å². The fourth-order valence-electron chi connectivity index (χ4n) is 1.10. The molecular formula is C10H14N2O3S. The van der Waals surface area contributed by atoms with Crippen LogP contribution < -0.4 is 5.32 Å². The van der Waals surface area contributed by atoms with Crippen LogP contribution in [0.1, 0.15) is 16.6 Å². The molecule has 2 amide bonds. The fraction of sp³-hybridized carbons (Fsp3) is 0.400. The van der Waals surface area contributed by atoms with Crippen LogP contribution in [0, 0.1) is 0 Å². The largest absolute Gasteiger partial charge is 0.340 e. The number of carbonyl (C=O) groups is 2. The van der Waals surface area contributed by atoms with Crippen molar-refractivity contribution in [2.24, 2.45) is 0 Å². The van der Waals surface area contributed by atoms with Gasteiger partial charge in [-0.3, -0.25) is 14.4 Å². The zero-order chi connectivity index (χ0) is 12.1. The van der Waals surface area contributed by atoms with Crippen molar-refractivity contribution in [3.8, 4) is 0 Å². The fourth-order valence-corrected chi connectivity index (χ4v) is 1.73. The second kappa shape index (κ2) is 5.62. The summed E-state index contributed by atoms with van der Waals surface area (Å²) in [7, 11) is 2.89. The lowest BCUT2D eigenvalue weighted by Gasteiger charge is -2.19. The highest BCUT2D eigenvalue weighted by molar-refractivity contribution is 7.12. The summed E-state index contributed by atoms with van der Waals surface area (Å²) in [5, 5.41) is 5.49. The van der Waals surface area contributed by atoms with E-state index in [-0.39, 0.29) is 11.8 Å². The maximum atomic E-state index is 11.6. The summed E-state index contributed by atoms with van der Waals surface area (Å²) in [6.45, 7) is 1.61. The van der Waals surface area contributed by atoms with Gasteiger partial charge in [0.05, 0.1) is 12.0 Å². The first kappa shape index (κ1) is 12.7. The lowest BCUT2D eigenvalue weighted by Crippen LogP contribution is -2.45. The minimum Gasteiger partial charge on any atom is -0.340 e. The number of rotatable bonds is 4. The van der Waals surface area contributed by atoms with Crippen LogP contribution in [-0.2, 0) is 9.63 Å². The van der Waals surface area contributed by atoms with E-state index in [0.717, 1.165) is 5.06 Å². The molecule has 16 heavy (non-hydrogen) atoms. The van der Waals surface area contributed by atoms with Crippen LogP contribution in [0.15, 0.2) is 17.5 Å². The molecule has 1 N–H and O–H groups in total. The Hall–Kier alpha value is -1.40. The van der Waals surface area contributed by atoms with Gasteiger partial charge < -0.3 is 5.32 Å². The molecule has 1 heterocycles. The summed E-state index contributed by atoms with van der Waals surface area (Å²) in [4.78, 5) is 28.5. The van der Waals surface area contributed by atoms with Gasteiger partial charge in [0.25, 0.3) is 11.8 Å². The second-order valence-corrected chi connectivity index (χ2v) is 4.14. The Labute approximate surface area is 98.0 Å². The van der Waals surface area contributed by atoms with Crippen molar-refractivity contribution in [1.82, 2.24) is 10.4 Å². The Balaban J connectivity index is 2.55. The number of amides is 2. The number of nitrogens with one attached hydrogen (secondary N) is 1. The number of hydrogen-bond acceptors (Lipinski definition) is 4. The first-order valence-electron chi connectivity index (χ1n) is 4.72. The van der Waals surface area contributed by atoms with Gasteiger partial charge in [0.1, 0.15) is 6.04 Å². The van der Waals surface area contributed by atoms with Gasteiger partial charge in [-0.1, -0.05) is 6.07 Å². The number of hydrogen-bond donors (Lipinski definition) is 1. The zero-order valence-electron chi connectivity index (χ0n) is 9.39. The van der Waals surface area contributed by atoms with Gasteiger partial charge in [-0.15, -0.1) is 11.3 Å². The highest BCUT2D eigenvalue weighted by atomic mass is 32.1. The summed E-state index contributed by atoms with van der Waals surface area (Å²) in [5.41, 5.74) is 0. The van der Waals surface area contributed by atoms with E-state index >= 15 is 0 Å². The molecule has 5 nitrogen and oxygen atoms in total. The zero-order valence-corrected chi connectivity index (χ0v) is 10.2. The van der Waals surface area contributed by atoms with Crippen LogP contribution in [0.3, 0.4) is 0 Å². The molecular weight excluding hydrogens is 228 g/mol. The number of carbonyl (C=O) groups excluding carboxylic acids is 2. The van der Waals surface area contributed by atoms with Crippen LogP contribution in [0.4, 0.5) is 0 Å². The van der Waals surface area contributed by atoms with Crippen molar-refractivity contribution in [3.05, 3.63) is 22.4 Å². The van der Waals surface area contributed by atoms with E-state index in [9.17, 15) is 9.59 Å². The quantitative estimate of drug-likeness (QED) is 0.798. The highest BCUT2D eigenvalue weighted by Gasteiger charge is 2.20. The highest BCUT2D eigenvalue weighted by Crippen LogP contribution is 2.08. The van der Waals surface area contributed by atoms with Crippen molar-refractivity contribution in [2.45, 2.75) is 13.0 Å². The van der Waals surface area contributed by atoms with Crippen LogP contribution in [0.25, 0.3) is 0 Å². The first-order chi connectivity index (χ1) is 7.56. The molecule has 0 aliphatic carbocycles. The Morgan fingerprint density at radius 3 is 2.75 bits per heavy atom. The topological polar surface area (TPSA) is 58.6 Å². The van der Waals surface area contributed by atoms with Gasteiger partial charge in [0, 0.05) is 7.05 Å². The Kier molecular flexibility index (Phi) is 4.45. The summed E-state index contributed by atoms with van der Waals surface area (Å²) in [6, 6.07) is 2.88. The van der Waals surface area contributed by atoms with E-state index in [2.05, 4.69) is 5.32 Å². The van der Waals surface area contributed by atoms with E-state index in [1.807, 2.05) is 5.38 Å². The van der Waals surface area contributed by atoms with Crippen LogP contribution >= 0.6 is 11.3 Å². The third kappa shape index (κ3) is 3.04. The van der Waals surface area contributed by atoms with Gasteiger partial charge >= 0.3 is 0 Å². The molecule has 0 bridgehead atoms. The molecule has 1 aromatic heterocycles.